The number of benzene rings is 2. The van der Waals surface area contributed by atoms with Crippen LogP contribution in [-0.4, -0.2) is 26.3 Å². The third-order valence-corrected chi connectivity index (χ3v) is 6.45. The minimum atomic E-state index is -4.67. The largest absolute Gasteiger partial charge is 0.486 e. The summed E-state index contributed by atoms with van der Waals surface area (Å²) in [5.74, 6) is -1.07. The first-order chi connectivity index (χ1) is 17.7. The topological polar surface area (TPSA) is 92.3 Å². The number of fused-ring (bicyclic) bond motifs is 3. The maximum atomic E-state index is 14.4. The number of amides is 1. The van der Waals surface area contributed by atoms with E-state index in [0.29, 0.717) is 29.2 Å². The Kier molecular flexibility index (Phi) is 5.90. The Morgan fingerprint density at radius 2 is 2.00 bits per heavy atom. The van der Waals surface area contributed by atoms with E-state index in [-0.39, 0.29) is 38.5 Å². The van der Waals surface area contributed by atoms with Gasteiger partial charge < -0.3 is 19.8 Å². The van der Waals surface area contributed by atoms with Crippen molar-refractivity contribution in [1.29, 1.82) is 0 Å². The third-order valence-electron chi connectivity index (χ3n) is 6.13. The van der Waals surface area contributed by atoms with Gasteiger partial charge in [0, 0.05) is 25.1 Å². The second-order valence-electron chi connectivity index (χ2n) is 9.45. The molecule has 3 heterocycles. The quantitative estimate of drug-likeness (QED) is 0.174. The lowest BCUT2D eigenvalue weighted by Crippen LogP contribution is -2.36. The fraction of sp³-hybridized carbons (Fsp3) is 0.240. The van der Waals surface area contributed by atoms with Gasteiger partial charge in [0.1, 0.15) is 28.9 Å². The lowest BCUT2D eigenvalue weighted by molar-refractivity contribution is -0.893. The van der Waals surface area contributed by atoms with Crippen LogP contribution in [0.25, 0.3) is 11.0 Å². The molecular weight excluding hydrogens is 530 g/mol. The van der Waals surface area contributed by atoms with Crippen molar-refractivity contribution in [2.75, 3.05) is 10.6 Å². The van der Waals surface area contributed by atoms with Crippen LogP contribution in [0, 0.1) is 5.82 Å². The number of nitrogens with one attached hydrogen (secondary N) is 2. The van der Waals surface area contributed by atoms with Crippen LogP contribution in [0.5, 0.6) is 5.75 Å². The molecule has 0 bridgehead atoms. The maximum absolute atomic E-state index is 14.4. The number of ether oxygens (including phenoxy) is 1. The van der Waals surface area contributed by atoms with E-state index in [9.17, 15) is 27.6 Å². The fourth-order valence-electron chi connectivity index (χ4n) is 4.42. The summed E-state index contributed by atoms with van der Waals surface area (Å²) in [6, 6.07) is 7.39. The van der Waals surface area contributed by atoms with Gasteiger partial charge in [-0.2, -0.15) is 13.2 Å². The van der Waals surface area contributed by atoms with Crippen molar-refractivity contribution in [3.05, 3.63) is 70.1 Å². The second kappa shape index (κ2) is 8.76. The van der Waals surface area contributed by atoms with Gasteiger partial charge in [-0.15, -0.1) is 0 Å². The van der Waals surface area contributed by atoms with Gasteiger partial charge in [-0.25, -0.2) is 19.5 Å². The lowest BCUT2D eigenvalue weighted by atomic mass is 9.98. The van der Waals surface area contributed by atoms with Gasteiger partial charge >= 0.3 is 17.9 Å². The van der Waals surface area contributed by atoms with Gasteiger partial charge in [0.05, 0.1) is 27.3 Å². The number of aromatic nitrogens is 3. The normalized spacial score (nSPS) is 14.3. The van der Waals surface area contributed by atoms with Crippen molar-refractivity contribution >= 4 is 46.0 Å². The summed E-state index contributed by atoms with van der Waals surface area (Å²) < 4.78 is 61.2. The van der Waals surface area contributed by atoms with Crippen molar-refractivity contribution in [2.24, 2.45) is 7.05 Å². The zero-order valence-electron chi connectivity index (χ0n) is 20.2. The van der Waals surface area contributed by atoms with E-state index in [0.717, 1.165) is 12.1 Å². The number of hydrogen-bond acceptors (Lipinski definition) is 5. The van der Waals surface area contributed by atoms with Gasteiger partial charge in [0.15, 0.2) is 0 Å². The summed E-state index contributed by atoms with van der Waals surface area (Å²) >= 11 is 6.16. The number of carbonyl (C=O) groups excluding carboxylic acids is 1. The molecule has 13 heteroatoms. The van der Waals surface area contributed by atoms with Crippen LogP contribution in [0.4, 0.5) is 35.0 Å². The number of hydrogen-bond donors (Lipinski definition) is 3. The summed E-state index contributed by atoms with van der Waals surface area (Å²) in [5.41, 5.74) is 0.0308. The number of nitrogens with zero attached hydrogens (tertiary/aromatic N) is 3. The molecule has 0 saturated carbocycles. The molecule has 0 unspecified atom stereocenters. The van der Waals surface area contributed by atoms with Crippen LogP contribution >= 0.6 is 11.6 Å². The SMILES string of the molecule is Cn1c(Nc2c(F)cccc2Cl)nc2cc(C(=O)Nc3ccc(C(F)(F)F)c[n+]3O)c3c(c21)CC(C)(C)O3. The van der Waals surface area contributed by atoms with E-state index in [1.54, 1.807) is 11.6 Å². The number of alkyl halides is 3. The molecule has 198 valence electrons. The Morgan fingerprint density at radius 1 is 1.26 bits per heavy atom. The van der Waals surface area contributed by atoms with E-state index in [1.165, 1.54) is 24.3 Å². The van der Waals surface area contributed by atoms with E-state index < -0.39 is 29.1 Å². The second-order valence-corrected chi connectivity index (χ2v) is 9.86. The van der Waals surface area contributed by atoms with Gasteiger partial charge in [-0.3, -0.25) is 0 Å². The predicted molar refractivity (Wildman–Crippen MR) is 131 cm³/mol. The molecule has 1 aliphatic heterocycles. The van der Waals surface area contributed by atoms with E-state index in [4.69, 9.17) is 16.3 Å². The molecular formula is C25H21ClF4N5O3+. The van der Waals surface area contributed by atoms with Crippen LogP contribution in [0.2, 0.25) is 5.02 Å². The number of pyridine rings is 1. The monoisotopic (exact) mass is 550 g/mol. The van der Waals surface area contributed by atoms with Crippen LogP contribution in [0.3, 0.4) is 0 Å². The maximum Gasteiger partial charge on any atom is 0.420 e. The Hall–Kier alpha value is -4.06. The van der Waals surface area contributed by atoms with Crippen molar-refractivity contribution in [2.45, 2.75) is 32.0 Å². The number of halogens is 5. The molecule has 4 aromatic rings. The first-order valence-corrected chi connectivity index (χ1v) is 11.7. The molecule has 2 aromatic carbocycles. The van der Waals surface area contributed by atoms with Gasteiger partial charge in [0.25, 0.3) is 0 Å². The molecule has 38 heavy (non-hydrogen) atoms. The highest BCUT2D eigenvalue weighted by molar-refractivity contribution is 6.33. The van der Waals surface area contributed by atoms with E-state index >= 15 is 0 Å². The molecule has 0 spiro atoms. The Morgan fingerprint density at radius 3 is 2.66 bits per heavy atom. The number of carbonyl (C=O) groups is 1. The first-order valence-electron chi connectivity index (χ1n) is 11.3. The number of imidazole rings is 1. The van der Waals surface area contributed by atoms with Crippen LogP contribution in [-0.2, 0) is 19.6 Å². The fourth-order valence-corrected chi connectivity index (χ4v) is 4.63. The highest BCUT2D eigenvalue weighted by atomic mass is 35.5. The smallest absolute Gasteiger partial charge is 0.420 e. The van der Waals surface area contributed by atoms with Crippen LogP contribution in [0.1, 0.15) is 35.3 Å². The van der Waals surface area contributed by atoms with Crippen molar-refractivity contribution in [3.8, 4) is 5.75 Å². The first kappa shape index (κ1) is 25.6. The molecule has 1 amide bonds. The van der Waals surface area contributed by atoms with Gasteiger partial charge in [-0.05, 0) is 38.1 Å². The van der Waals surface area contributed by atoms with E-state index in [2.05, 4.69) is 15.6 Å². The van der Waals surface area contributed by atoms with Crippen molar-refractivity contribution in [3.63, 3.8) is 0 Å². The predicted octanol–water partition coefficient (Wildman–Crippen LogP) is 5.62. The summed E-state index contributed by atoms with van der Waals surface area (Å²) in [6.07, 6.45) is -3.80. The Balaban J connectivity index is 1.57. The highest BCUT2D eigenvalue weighted by Gasteiger charge is 2.38. The number of para-hydroxylation sites is 1. The van der Waals surface area contributed by atoms with Crippen LogP contribution in [0.15, 0.2) is 42.6 Å². The summed E-state index contributed by atoms with van der Waals surface area (Å²) in [7, 11) is 1.72. The van der Waals surface area contributed by atoms with E-state index in [1.807, 2.05) is 13.8 Å². The molecule has 8 nitrogen and oxygen atoms in total. The molecule has 0 saturated heterocycles. The number of rotatable bonds is 4. The molecule has 0 radical (unpaired) electrons. The molecule has 0 atom stereocenters. The highest BCUT2D eigenvalue weighted by Crippen LogP contribution is 2.43. The molecule has 5 rings (SSSR count). The molecule has 0 aliphatic carbocycles. The summed E-state index contributed by atoms with van der Waals surface area (Å²) in [4.78, 5) is 17.8. The minimum absolute atomic E-state index is 0.0357. The number of aryl methyl sites for hydroxylation is 1. The molecule has 3 N–H and O–H groups in total. The Labute approximate surface area is 218 Å². The summed E-state index contributed by atoms with van der Waals surface area (Å²) in [5, 5.41) is 15.5. The zero-order valence-corrected chi connectivity index (χ0v) is 21.0. The van der Waals surface area contributed by atoms with Crippen molar-refractivity contribution in [1.82, 2.24) is 9.55 Å². The molecule has 0 fully saturated rings. The average Bonchev–Trinajstić information content (AvgIpc) is 3.31. The van der Waals surface area contributed by atoms with Gasteiger partial charge in [0.2, 0.25) is 5.95 Å². The third kappa shape index (κ3) is 4.44. The number of anilines is 3. The standard InChI is InChI=1S/C25H20ClF4N5O3/c1-24(2)10-14-20-17(31-23(34(20)3)33-19-15(26)5-4-6-16(19)27)9-13(21(14)38-24)22(36)32-18-8-7-12(11-35(18)37)25(28,29)30/h4-9,11,37H,10H2,1-3H3,(H,31,33)/p+1. The van der Waals surface area contributed by atoms with Crippen molar-refractivity contribution < 1.29 is 37.0 Å². The summed E-state index contributed by atoms with van der Waals surface area (Å²) in [6.45, 7) is 3.68. The zero-order chi connectivity index (χ0) is 27.6. The van der Waals surface area contributed by atoms with Crippen LogP contribution < -0.4 is 20.1 Å². The average molecular weight is 551 g/mol. The molecule has 1 aliphatic rings. The van der Waals surface area contributed by atoms with Gasteiger partial charge in [-0.1, -0.05) is 22.4 Å². The molecule has 2 aromatic heterocycles. The lowest BCUT2D eigenvalue weighted by Gasteiger charge is -2.17. The minimum Gasteiger partial charge on any atom is -0.486 e. The Bertz CT molecular complexity index is 1600.